The van der Waals surface area contributed by atoms with Gasteiger partial charge in [0.15, 0.2) is 0 Å². The van der Waals surface area contributed by atoms with E-state index < -0.39 is 0 Å². The molecular weight excluding hydrogens is 312 g/mol. The second-order valence-corrected chi connectivity index (χ2v) is 6.15. The van der Waals surface area contributed by atoms with Crippen LogP contribution < -0.4 is 4.74 Å². The first-order chi connectivity index (χ1) is 12.2. The number of ether oxygens (including phenoxy) is 1. The lowest BCUT2D eigenvalue weighted by Gasteiger charge is -2.14. The van der Waals surface area contributed by atoms with Gasteiger partial charge in [-0.1, -0.05) is 30.3 Å². The summed E-state index contributed by atoms with van der Waals surface area (Å²) in [5.74, 6) is 0.905. The molecule has 3 rings (SSSR count). The van der Waals surface area contributed by atoms with Crippen molar-refractivity contribution in [1.82, 2.24) is 19.9 Å². The third kappa shape index (κ3) is 4.90. The molecule has 25 heavy (non-hydrogen) atoms. The van der Waals surface area contributed by atoms with Crippen molar-refractivity contribution >= 4 is 0 Å². The summed E-state index contributed by atoms with van der Waals surface area (Å²) in [6.07, 6.45) is 4.01. The minimum absolute atomic E-state index is 0.801. The maximum Gasteiger partial charge on any atom is 0.118 e. The summed E-state index contributed by atoms with van der Waals surface area (Å²) in [5, 5.41) is 8.91. The summed E-state index contributed by atoms with van der Waals surface area (Å²) in [7, 11) is 3.81. The van der Waals surface area contributed by atoms with Crippen LogP contribution in [0.5, 0.6) is 5.75 Å². The monoisotopic (exact) mass is 336 g/mol. The van der Waals surface area contributed by atoms with Crippen molar-refractivity contribution in [3.63, 3.8) is 0 Å². The molecule has 5 nitrogen and oxygen atoms in total. The third-order valence-corrected chi connectivity index (χ3v) is 4.12. The Morgan fingerprint density at radius 1 is 1.04 bits per heavy atom. The summed E-state index contributed by atoms with van der Waals surface area (Å²) < 4.78 is 5.19. The Hall–Kier alpha value is -2.66. The van der Waals surface area contributed by atoms with Crippen LogP contribution in [-0.4, -0.2) is 40.6 Å². The SMILES string of the molecule is COc1ccc(CCCN(C)Cc2cnn(-c3ccccc3)n2)cc1. The normalized spacial score (nSPS) is 11.0. The molecule has 0 amide bonds. The first-order valence-corrected chi connectivity index (χ1v) is 8.53. The van der Waals surface area contributed by atoms with Gasteiger partial charge in [-0.3, -0.25) is 0 Å². The minimum atomic E-state index is 0.801. The van der Waals surface area contributed by atoms with E-state index in [2.05, 4.69) is 34.3 Å². The third-order valence-electron chi connectivity index (χ3n) is 4.12. The highest BCUT2D eigenvalue weighted by Gasteiger charge is 2.06. The van der Waals surface area contributed by atoms with E-state index in [-0.39, 0.29) is 0 Å². The molecule has 0 fully saturated rings. The molecule has 3 aromatic rings. The molecule has 1 heterocycles. The highest BCUT2D eigenvalue weighted by Crippen LogP contribution is 2.13. The smallest absolute Gasteiger partial charge is 0.118 e. The van der Waals surface area contributed by atoms with Gasteiger partial charge in [-0.05, 0) is 56.3 Å². The van der Waals surface area contributed by atoms with E-state index in [0.29, 0.717) is 0 Å². The number of hydrogen-bond acceptors (Lipinski definition) is 4. The highest BCUT2D eigenvalue weighted by molar-refractivity contribution is 5.28. The first-order valence-electron chi connectivity index (χ1n) is 8.53. The molecule has 2 aromatic carbocycles. The zero-order valence-electron chi connectivity index (χ0n) is 14.8. The fraction of sp³-hybridized carbons (Fsp3) is 0.300. The summed E-state index contributed by atoms with van der Waals surface area (Å²) in [6, 6.07) is 18.3. The number of benzene rings is 2. The maximum atomic E-state index is 5.19. The number of methoxy groups -OCH3 is 1. The lowest BCUT2D eigenvalue weighted by Crippen LogP contribution is -2.20. The Kier molecular flexibility index (Phi) is 5.80. The molecule has 0 N–H and O–H groups in total. The van der Waals surface area contributed by atoms with Gasteiger partial charge in [0.05, 0.1) is 24.7 Å². The topological polar surface area (TPSA) is 43.2 Å². The summed E-state index contributed by atoms with van der Waals surface area (Å²) in [4.78, 5) is 3.96. The van der Waals surface area contributed by atoms with Crippen LogP contribution in [0.2, 0.25) is 0 Å². The Labute approximate surface area is 148 Å². The lowest BCUT2D eigenvalue weighted by atomic mass is 10.1. The van der Waals surface area contributed by atoms with Crippen LogP contribution in [0.4, 0.5) is 0 Å². The van der Waals surface area contributed by atoms with Crippen LogP contribution in [0, 0.1) is 0 Å². The number of aryl methyl sites for hydroxylation is 1. The summed E-state index contributed by atoms with van der Waals surface area (Å²) in [6.45, 7) is 1.82. The van der Waals surface area contributed by atoms with Crippen molar-refractivity contribution < 1.29 is 4.74 Å². The first kappa shape index (κ1) is 17.2. The van der Waals surface area contributed by atoms with Gasteiger partial charge >= 0.3 is 0 Å². The second kappa shape index (κ2) is 8.44. The number of rotatable bonds is 8. The van der Waals surface area contributed by atoms with E-state index in [0.717, 1.165) is 43.1 Å². The van der Waals surface area contributed by atoms with E-state index in [1.807, 2.05) is 48.7 Å². The number of aromatic nitrogens is 3. The quantitative estimate of drug-likeness (QED) is 0.633. The molecule has 0 radical (unpaired) electrons. The average Bonchev–Trinajstić information content (AvgIpc) is 3.11. The van der Waals surface area contributed by atoms with E-state index in [9.17, 15) is 0 Å². The van der Waals surface area contributed by atoms with Gasteiger partial charge in [0.1, 0.15) is 5.75 Å². The molecule has 0 unspecified atom stereocenters. The van der Waals surface area contributed by atoms with E-state index >= 15 is 0 Å². The Morgan fingerprint density at radius 3 is 2.52 bits per heavy atom. The van der Waals surface area contributed by atoms with Gasteiger partial charge in [0.25, 0.3) is 0 Å². The minimum Gasteiger partial charge on any atom is -0.497 e. The molecule has 0 aliphatic heterocycles. The van der Waals surface area contributed by atoms with Crippen LogP contribution in [-0.2, 0) is 13.0 Å². The molecule has 0 spiro atoms. The predicted molar refractivity (Wildman–Crippen MR) is 99.0 cm³/mol. The Balaban J connectivity index is 1.46. The molecule has 130 valence electrons. The Bertz CT molecular complexity index is 768. The molecule has 0 aliphatic rings. The summed E-state index contributed by atoms with van der Waals surface area (Å²) in [5.41, 5.74) is 3.30. The van der Waals surface area contributed by atoms with Crippen LogP contribution in [0.15, 0.2) is 60.8 Å². The zero-order valence-corrected chi connectivity index (χ0v) is 14.8. The van der Waals surface area contributed by atoms with Gasteiger partial charge in [0, 0.05) is 6.54 Å². The van der Waals surface area contributed by atoms with Crippen LogP contribution in [0.25, 0.3) is 5.69 Å². The second-order valence-electron chi connectivity index (χ2n) is 6.15. The number of hydrogen-bond donors (Lipinski definition) is 0. The molecule has 0 atom stereocenters. The molecule has 0 saturated heterocycles. The number of para-hydroxylation sites is 1. The van der Waals surface area contributed by atoms with Crippen molar-refractivity contribution in [2.24, 2.45) is 0 Å². The van der Waals surface area contributed by atoms with Crippen molar-refractivity contribution in [2.45, 2.75) is 19.4 Å². The van der Waals surface area contributed by atoms with Gasteiger partial charge in [-0.15, -0.1) is 0 Å². The highest BCUT2D eigenvalue weighted by atomic mass is 16.5. The molecule has 5 heteroatoms. The zero-order chi connectivity index (χ0) is 17.5. The summed E-state index contributed by atoms with van der Waals surface area (Å²) >= 11 is 0. The van der Waals surface area contributed by atoms with Crippen molar-refractivity contribution in [2.75, 3.05) is 20.7 Å². The molecular formula is C20H24N4O. The van der Waals surface area contributed by atoms with Crippen LogP contribution in [0.1, 0.15) is 17.7 Å². The molecule has 0 aliphatic carbocycles. The van der Waals surface area contributed by atoms with Gasteiger partial charge in [-0.25, -0.2) is 0 Å². The van der Waals surface area contributed by atoms with Crippen molar-refractivity contribution in [1.29, 1.82) is 0 Å². The largest absolute Gasteiger partial charge is 0.497 e. The van der Waals surface area contributed by atoms with Gasteiger partial charge in [0.2, 0.25) is 0 Å². The maximum absolute atomic E-state index is 5.19. The van der Waals surface area contributed by atoms with Gasteiger partial charge < -0.3 is 9.64 Å². The fourth-order valence-electron chi connectivity index (χ4n) is 2.75. The number of nitrogens with zero attached hydrogens (tertiary/aromatic N) is 4. The predicted octanol–water partition coefficient (Wildman–Crippen LogP) is 3.34. The van der Waals surface area contributed by atoms with Crippen molar-refractivity contribution in [3.8, 4) is 11.4 Å². The average molecular weight is 336 g/mol. The van der Waals surface area contributed by atoms with Gasteiger partial charge in [-0.2, -0.15) is 15.0 Å². The lowest BCUT2D eigenvalue weighted by molar-refractivity contribution is 0.317. The molecule has 0 saturated carbocycles. The van der Waals surface area contributed by atoms with E-state index in [1.54, 1.807) is 11.9 Å². The Morgan fingerprint density at radius 2 is 1.80 bits per heavy atom. The van der Waals surface area contributed by atoms with Crippen molar-refractivity contribution in [3.05, 3.63) is 72.1 Å². The van der Waals surface area contributed by atoms with Crippen LogP contribution >= 0.6 is 0 Å². The molecule has 1 aromatic heterocycles. The standard InChI is InChI=1S/C20H24N4O/c1-23(14-6-7-17-10-12-20(25-2)13-11-17)16-18-15-21-24(22-18)19-8-4-3-5-9-19/h3-5,8-13,15H,6-7,14,16H2,1-2H3. The fourth-order valence-corrected chi connectivity index (χ4v) is 2.75. The van der Waals surface area contributed by atoms with E-state index in [4.69, 9.17) is 4.74 Å². The van der Waals surface area contributed by atoms with E-state index in [1.165, 1.54) is 5.56 Å². The molecule has 0 bridgehead atoms. The van der Waals surface area contributed by atoms with Crippen LogP contribution in [0.3, 0.4) is 0 Å².